The third-order valence-corrected chi connectivity index (χ3v) is 7.51. The highest BCUT2D eigenvalue weighted by Gasteiger charge is 2.47. The van der Waals surface area contributed by atoms with Gasteiger partial charge < -0.3 is 24.6 Å². The average molecular weight is 458 g/mol. The van der Waals surface area contributed by atoms with E-state index >= 15 is 0 Å². The summed E-state index contributed by atoms with van der Waals surface area (Å²) in [5.74, 6) is 1.91. The molecule has 0 bridgehead atoms. The third-order valence-electron chi connectivity index (χ3n) is 7.51. The van der Waals surface area contributed by atoms with Gasteiger partial charge in [0.1, 0.15) is 18.5 Å². The maximum Gasteiger partial charge on any atom is 0.222 e. The molecule has 2 saturated carbocycles. The van der Waals surface area contributed by atoms with Crippen molar-refractivity contribution in [1.82, 2.24) is 4.90 Å². The molecule has 1 heterocycles. The molecule has 3 aliphatic rings. The molecule has 1 amide bonds. The summed E-state index contributed by atoms with van der Waals surface area (Å²) < 4.78 is 11.7. The fourth-order valence-corrected chi connectivity index (χ4v) is 5.79. The molecular weight excluding hydrogens is 418 g/mol. The molecule has 2 aliphatic carbocycles. The van der Waals surface area contributed by atoms with Gasteiger partial charge >= 0.3 is 0 Å². The minimum absolute atomic E-state index is 0.0515. The van der Waals surface area contributed by atoms with Crippen LogP contribution >= 0.6 is 0 Å². The molecule has 1 aliphatic heterocycles. The lowest BCUT2D eigenvalue weighted by molar-refractivity contribution is -0.132. The number of fused-ring (bicyclic) bond motifs is 1. The average Bonchev–Trinajstić information content (AvgIpc) is 3.36. The number of amides is 1. The highest BCUT2D eigenvalue weighted by Crippen LogP contribution is 2.49. The van der Waals surface area contributed by atoms with Crippen molar-refractivity contribution in [2.24, 2.45) is 17.8 Å². The van der Waals surface area contributed by atoms with Gasteiger partial charge in [-0.1, -0.05) is 30.4 Å². The minimum atomic E-state index is -0.706. The van der Waals surface area contributed by atoms with Crippen LogP contribution in [-0.4, -0.2) is 65.6 Å². The van der Waals surface area contributed by atoms with Gasteiger partial charge in [-0.2, -0.15) is 0 Å². The molecule has 6 atom stereocenters. The first-order valence-corrected chi connectivity index (χ1v) is 12.7. The summed E-state index contributed by atoms with van der Waals surface area (Å²) in [6, 6.07) is 9.46. The Kier molecular flexibility index (Phi) is 8.82. The van der Waals surface area contributed by atoms with Crippen LogP contribution in [0.5, 0.6) is 5.75 Å². The van der Waals surface area contributed by atoms with Crippen molar-refractivity contribution < 1.29 is 24.5 Å². The summed E-state index contributed by atoms with van der Waals surface area (Å²) in [4.78, 5) is 14.3. The Bertz CT molecular complexity index is 763. The number of para-hydroxylation sites is 1. The van der Waals surface area contributed by atoms with E-state index in [-0.39, 0.29) is 30.6 Å². The number of piperidine rings is 1. The van der Waals surface area contributed by atoms with E-state index in [0.717, 1.165) is 57.4 Å². The Hall–Kier alpha value is -1.89. The zero-order chi connectivity index (χ0) is 23.0. The van der Waals surface area contributed by atoms with E-state index in [2.05, 4.69) is 0 Å². The SMILES string of the molecule is O=C(CCCOC1C[C@H]2C[C@@H](O)[C@H](C=CC(O)COc3ccccc3)[C@@H]2C1)N1CCCCC1. The number of hydrogen-bond acceptors (Lipinski definition) is 5. The van der Waals surface area contributed by atoms with Crippen LogP contribution < -0.4 is 4.74 Å². The van der Waals surface area contributed by atoms with Gasteiger partial charge in [0.25, 0.3) is 0 Å². The third kappa shape index (κ3) is 6.81. The number of nitrogens with zero attached hydrogens (tertiary/aromatic N) is 1. The lowest BCUT2D eigenvalue weighted by Gasteiger charge is -2.26. The van der Waals surface area contributed by atoms with Crippen molar-refractivity contribution in [1.29, 1.82) is 0 Å². The van der Waals surface area contributed by atoms with Crippen molar-refractivity contribution in [2.75, 3.05) is 26.3 Å². The van der Waals surface area contributed by atoms with E-state index in [1.54, 1.807) is 6.08 Å². The molecule has 182 valence electrons. The molecular formula is C27H39NO5. The van der Waals surface area contributed by atoms with E-state index in [9.17, 15) is 15.0 Å². The molecule has 4 rings (SSSR count). The minimum Gasteiger partial charge on any atom is -0.491 e. The highest BCUT2D eigenvalue weighted by atomic mass is 16.5. The normalized spacial score (nSPS) is 30.5. The fourth-order valence-electron chi connectivity index (χ4n) is 5.79. The van der Waals surface area contributed by atoms with Crippen molar-refractivity contribution in [3.63, 3.8) is 0 Å². The smallest absolute Gasteiger partial charge is 0.222 e. The van der Waals surface area contributed by atoms with Gasteiger partial charge in [0.2, 0.25) is 5.91 Å². The predicted octanol–water partition coefficient (Wildman–Crippen LogP) is 3.57. The summed E-state index contributed by atoms with van der Waals surface area (Å²) in [5, 5.41) is 20.8. The Morgan fingerprint density at radius 1 is 1.12 bits per heavy atom. The number of carbonyl (C=O) groups is 1. The van der Waals surface area contributed by atoms with E-state index in [1.165, 1.54) is 6.42 Å². The molecule has 0 aromatic heterocycles. The van der Waals surface area contributed by atoms with Crippen molar-refractivity contribution in [2.45, 2.75) is 69.7 Å². The zero-order valence-electron chi connectivity index (χ0n) is 19.6. The van der Waals surface area contributed by atoms with Crippen LogP contribution in [0, 0.1) is 17.8 Å². The first-order valence-electron chi connectivity index (χ1n) is 12.7. The Morgan fingerprint density at radius 3 is 2.70 bits per heavy atom. The number of benzene rings is 1. The fraction of sp³-hybridized carbons (Fsp3) is 0.667. The van der Waals surface area contributed by atoms with E-state index in [0.29, 0.717) is 24.9 Å². The number of likely N-dealkylation sites (tertiary alicyclic amines) is 1. The van der Waals surface area contributed by atoms with E-state index in [1.807, 2.05) is 41.3 Å². The summed E-state index contributed by atoms with van der Waals surface area (Å²) in [5.41, 5.74) is 0. The molecule has 1 saturated heterocycles. The van der Waals surface area contributed by atoms with Crippen molar-refractivity contribution in [3.8, 4) is 5.75 Å². The number of aliphatic hydroxyl groups is 2. The molecule has 3 fully saturated rings. The lowest BCUT2D eigenvalue weighted by atomic mass is 9.90. The number of rotatable bonds is 10. The standard InChI is InChI=1S/C27H39NO5/c29-21(19-33-22-8-3-1-4-9-22)11-12-24-25-18-23(16-20(25)17-26(24)30)32-15-7-10-27(31)28-13-5-2-6-14-28/h1,3-4,8-9,11-12,20-21,23-26,29-30H,2,5-7,10,13-19H2/t20-,21?,23?,24+,25+,26+/m0/s1. The molecule has 2 unspecified atom stereocenters. The number of carbonyl (C=O) groups excluding carboxylic acids is 1. The molecule has 6 heteroatoms. The molecule has 1 aromatic carbocycles. The van der Waals surface area contributed by atoms with Crippen LogP contribution in [0.4, 0.5) is 0 Å². The molecule has 33 heavy (non-hydrogen) atoms. The van der Waals surface area contributed by atoms with E-state index < -0.39 is 6.10 Å². The summed E-state index contributed by atoms with van der Waals surface area (Å²) in [6.07, 6.45) is 10.5. The maximum absolute atomic E-state index is 12.3. The van der Waals surface area contributed by atoms with Crippen LogP contribution in [0.1, 0.15) is 51.4 Å². The van der Waals surface area contributed by atoms with Gasteiger partial charge in [0.05, 0.1) is 12.2 Å². The maximum atomic E-state index is 12.3. The van der Waals surface area contributed by atoms with Gasteiger partial charge in [-0.05, 0) is 68.9 Å². The number of aliphatic hydroxyl groups excluding tert-OH is 2. The Labute approximate surface area is 197 Å². The van der Waals surface area contributed by atoms with Crippen LogP contribution in [0.2, 0.25) is 0 Å². The molecule has 2 N–H and O–H groups in total. The van der Waals surface area contributed by atoms with Gasteiger partial charge in [-0.3, -0.25) is 4.79 Å². The zero-order valence-corrected chi connectivity index (χ0v) is 19.6. The molecule has 1 aromatic rings. The lowest BCUT2D eigenvalue weighted by Crippen LogP contribution is -2.35. The van der Waals surface area contributed by atoms with Crippen molar-refractivity contribution >= 4 is 5.91 Å². The topological polar surface area (TPSA) is 79.2 Å². The number of ether oxygens (including phenoxy) is 2. The Morgan fingerprint density at radius 2 is 1.91 bits per heavy atom. The van der Waals surface area contributed by atoms with Gasteiger partial charge in [0.15, 0.2) is 0 Å². The van der Waals surface area contributed by atoms with Gasteiger partial charge in [-0.15, -0.1) is 0 Å². The van der Waals surface area contributed by atoms with Gasteiger partial charge in [0, 0.05) is 32.0 Å². The molecule has 0 radical (unpaired) electrons. The monoisotopic (exact) mass is 457 g/mol. The quantitative estimate of drug-likeness (QED) is 0.415. The van der Waals surface area contributed by atoms with Crippen LogP contribution in [0.25, 0.3) is 0 Å². The first kappa shape index (κ1) is 24.2. The second-order valence-electron chi connectivity index (χ2n) is 9.89. The van der Waals surface area contributed by atoms with E-state index in [4.69, 9.17) is 9.47 Å². The molecule has 6 nitrogen and oxygen atoms in total. The Balaban J connectivity index is 1.16. The van der Waals surface area contributed by atoms with Crippen LogP contribution in [0.15, 0.2) is 42.5 Å². The highest BCUT2D eigenvalue weighted by molar-refractivity contribution is 5.76. The van der Waals surface area contributed by atoms with Crippen molar-refractivity contribution in [3.05, 3.63) is 42.5 Å². The summed E-state index contributed by atoms with van der Waals surface area (Å²) in [6.45, 7) is 2.65. The molecule has 0 spiro atoms. The van der Waals surface area contributed by atoms with Crippen LogP contribution in [0.3, 0.4) is 0 Å². The summed E-state index contributed by atoms with van der Waals surface area (Å²) in [7, 11) is 0. The second-order valence-corrected chi connectivity index (χ2v) is 9.89. The summed E-state index contributed by atoms with van der Waals surface area (Å²) >= 11 is 0. The largest absolute Gasteiger partial charge is 0.491 e. The van der Waals surface area contributed by atoms with Crippen LogP contribution in [-0.2, 0) is 9.53 Å². The van der Waals surface area contributed by atoms with Gasteiger partial charge in [-0.25, -0.2) is 0 Å². The first-order chi connectivity index (χ1) is 16.1. The number of hydrogen-bond donors (Lipinski definition) is 2. The predicted molar refractivity (Wildman–Crippen MR) is 127 cm³/mol. The second kappa shape index (κ2) is 12.0.